The molecule has 0 amide bonds. The van der Waals surface area contributed by atoms with Crippen molar-refractivity contribution < 1.29 is 0 Å². The van der Waals surface area contributed by atoms with Crippen LogP contribution in [0, 0.1) is 5.92 Å². The Morgan fingerprint density at radius 1 is 1.00 bits per heavy atom. The van der Waals surface area contributed by atoms with Crippen LogP contribution < -0.4 is 0 Å². The highest BCUT2D eigenvalue weighted by Gasteiger charge is 2.19. The molecular formula is C13H14NS. The number of para-hydroxylation sites is 1. The molecular weight excluding hydrogens is 202 g/mol. The summed E-state index contributed by atoms with van der Waals surface area (Å²) in [6.07, 6.45) is 6.63. The van der Waals surface area contributed by atoms with Gasteiger partial charge in [-0.2, -0.15) is 0 Å². The zero-order chi connectivity index (χ0) is 10.1. The van der Waals surface area contributed by atoms with E-state index < -0.39 is 0 Å². The fraction of sp³-hybridized carbons (Fsp3) is 0.385. The Morgan fingerprint density at radius 3 is 2.60 bits per heavy atom. The highest BCUT2D eigenvalue weighted by Crippen LogP contribution is 2.35. The van der Waals surface area contributed by atoms with Crippen molar-refractivity contribution in [3.8, 4) is 0 Å². The van der Waals surface area contributed by atoms with Gasteiger partial charge in [0.2, 0.25) is 0 Å². The van der Waals surface area contributed by atoms with E-state index in [1.165, 1.54) is 41.8 Å². The number of hydrogen-bond acceptors (Lipinski definition) is 2. The van der Waals surface area contributed by atoms with Gasteiger partial charge in [-0.25, -0.2) is 4.98 Å². The Hall–Kier alpha value is -0.890. The van der Waals surface area contributed by atoms with Crippen molar-refractivity contribution in [1.82, 2.24) is 4.98 Å². The molecule has 1 fully saturated rings. The van der Waals surface area contributed by atoms with Gasteiger partial charge in [0, 0.05) is 5.92 Å². The molecule has 15 heavy (non-hydrogen) atoms. The summed E-state index contributed by atoms with van der Waals surface area (Å²) >= 11 is 1.86. The Kier molecular flexibility index (Phi) is 2.45. The van der Waals surface area contributed by atoms with E-state index in [0.717, 1.165) is 5.52 Å². The molecule has 3 rings (SSSR count). The second-order valence-corrected chi connectivity index (χ2v) is 5.18. The summed E-state index contributed by atoms with van der Waals surface area (Å²) < 4.78 is 1.32. The number of nitrogens with zero attached hydrogens (tertiary/aromatic N) is 1. The van der Waals surface area contributed by atoms with Gasteiger partial charge in [-0.05, 0) is 25.0 Å². The van der Waals surface area contributed by atoms with Crippen LogP contribution in [0.25, 0.3) is 10.2 Å². The molecule has 77 valence electrons. The first-order valence-corrected chi connectivity index (χ1v) is 6.46. The van der Waals surface area contributed by atoms with Crippen LogP contribution in [-0.4, -0.2) is 4.98 Å². The third-order valence-corrected chi connectivity index (χ3v) is 4.19. The first kappa shape index (κ1) is 9.34. The molecule has 2 heteroatoms. The highest BCUT2D eigenvalue weighted by atomic mass is 32.1. The number of aromatic nitrogens is 1. The van der Waals surface area contributed by atoms with Crippen molar-refractivity contribution in [2.75, 3.05) is 0 Å². The summed E-state index contributed by atoms with van der Waals surface area (Å²) in [5, 5.41) is 1.29. The minimum absolute atomic E-state index is 1.16. The molecule has 1 aliphatic rings. The summed E-state index contributed by atoms with van der Waals surface area (Å²) in [6, 6.07) is 8.44. The molecule has 1 aromatic heterocycles. The van der Waals surface area contributed by atoms with Gasteiger partial charge < -0.3 is 0 Å². The zero-order valence-corrected chi connectivity index (χ0v) is 9.52. The van der Waals surface area contributed by atoms with Gasteiger partial charge in [-0.1, -0.05) is 31.4 Å². The maximum Gasteiger partial charge on any atom is 0.101 e. The van der Waals surface area contributed by atoms with E-state index in [0.29, 0.717) is 0 Å². The van der Waals surface area contributed by atoms with E-state index >= 15 is 0 Å². The monoisotopic (exact) mass is 216 g/mol. The van der Waals surface area contributed by atoms with E-state index in [1.54, 1.807) is 5.92 Å². The Bertz CT molecular complexity index is 421. The molecule has 1 nitrogen and oxygen atoms in total. The maximum atomic E-state index is 4.72. The third-order valence-electron chi connectivity index (χ3n) is 3.05. The third kappa shape index (κ3) is 1.78. The van der Waals surface area contributed by atoms with Gasteiger partial charge in [0.15, 0.2) is 0 Å². The molecule has 0 aliphatic heterocycles. The van der Waals surface area contributed by atoms with E-state index in [1.807, 2.05) is 11.3 Å². The summed E-state index contributed by atoms with van der Waals surface area (Å²) in [7, 11) is 0. The summed E-state index contributed by atoms with van der Waals surface area (Å²) in [4.78, 5) is 4.72. The van der Waals surface area contributed by atoms with Crippen molar-refractivity contribution in [2.45, 2.75) is 32.1 Å². The lowest BCUT2D eigenvalue weighted by molar-refractivity contribution is 0.550. The average Bonchev–Trinajstić information content (AvgIpc) is 2.74. The van der Waals surface area contributed by atoms with Crippen molar-refractivity contribution >= 4 is 21.6 Å². The van der Waals surface area contributed by atoms with Gasteiger partial charge >= 0.3 is 0 Å². The summed E-state index contributed by atoms with van der Waals surface area (Å²) in [5.41, 5.74) is 1.16. The molecule has 1 saturated carbocycles. The number of fused-ring (bicyclic) bond motifs is 1. The topological polar surface area (TPSA) is 12.9 Å². The first-order valence-electron chi connectivity index (χ1n) is 5.64. The summed E-state index contributed by atoms with van der Waals surface area (Å²) in [5.74, 6) is 1.59. The molecule has 0 saturated heterocycles. The van der Waals surface area contributed by atoms with Crippen LogP contribution in [0.3, 0.4) is 0 Å². The fourth-order valence-corrected chi connectivity index (χ4v) is 3.28. The van der Waals surface area contributed by atoms with Crippen molar-refractivity contribution in [1.29, 1.82) is 0 Å². The normalized spacial score (nSPS) is 18.4. The number of benzene rings is 1. The quantitative estimate of drug-likeness (QED) is 0.696. The van der Waals surface area contributed by atoms with E-state index in [-0.39, 0.29) is 0 Å². The predicted octanol–water partition coefficient (Wildman–Crippen LogP) is 4.18. The van der Waals surface area contributed by atoms with Crippen molar-refractivity contribution in [2.24, 2.45) is 0 Å². The average molecular weight is 216 g/mol. The second kappa shape index (κ2) is 3.93. The molecule has 1 aliphatic carbocycles. The highest BCUT2D eigenvalue weighted by molar-refractivity contribution is 7.18. The first-order chi connectivity index (χ1) is 7.43. The molecule has 2 aromatic rings. The minimum atomic E-state index is 1.16. The number of thiazole rings is 1. The lowest BCUT2D eigenvalue weighted by Gasteiger charge is -2.18. The van der Waals surface area contributed by atoms with E-state index in [9.17, 15) is 0 Å². The lowest BCUT2D eigenvalue weighted by Crippen LogP contribution is -2.04. The largest absolute Gasteiger partial charge is 0.241 e. The zero-order valence-electron chi connectivity index (χ0n) is 8.70. The standard InChI is InChI=1S/C13H14NS/c1-2-6-10(7-3-1)13-14-11-8-4-5-9-12(11)15-13/h4-5,8-9H,1-3,6-7H2. The number of rotatable bonds is 1. The fourth-order valence-electron chi connectivity index (χ4n) is 2.22. The maximum absolute atomic E-state index is 4.72. The van der Waals surface area contributed by atoms with Crippen LogP contribution in [0.4, 0.5) is 0 Å². The number of hydrogen-bond donors (Lipinski definition) is 0. The molecule has 1 heterocycles. The van der Waals surface area contributed by atoms with Crippen LogP contribution in [0.2, 0.25) is 0 Å². The Balaban J connectivity index is 1.96. The van der Waals surface area contributed by atoms with Crippen molar-refractivity contribution in [3.63, 3.8) is 0 Å². The Labute approximate surface area is 94.2 Å². The molecule has 0 unspecified atom stereocenters. The molecule has 0 atom stereocenters. The summed E-state index contributed by atoms with van der Waals surface area (Å²) in [6.45, 7) is 0. The SMILES string of the molecule is c1ccc2sc([C]3CCCCC3)nc2c1. The van der Waals surface area contributed by atoms with E-state index in [2.05, 4.69) is 24.3 Å². The van der Waals surface area contributed by atoms with Crippen LogP contribution in [-0.2, 0) is 0 Å². The molecule has 1 radical (unpaired) electrons. The van der Waals surface area contributed by atoms with Crippen LogP contribution >= 0.6 is 11.3 Å². The lowest BCUT2D eigenvalue weighted by atomic mass is 9.90. The van der Waals surface area contributed by atoms with Gasteiger partial charge in [0.1, 0.15) is 5.01 Å². The van der Waals surface area contributed by atoms with Gasteiger partial charge in [-0.15, -0.1) is 11.3 Å². The van der Waals surface area contributed by atoms with Crippen LogP contribution in [0.5, 0.6) is 0 Å². The minimum Gasteiger partial charge on any atom is -0.241 e. The predicted molar refractivity (Wildman–Crippen MR) is 65.1 cm³/mol. The molecule has 0 bridgehead atoms. The van der Waals surface area contributed by atoms with Gasteiger partial charge in [0.05, 0.1) is 10.2 Å². The molecule has 0 spiro atoms. The van der Waals surface area contributed by atoms with Crippen LogP contribution in [0.15, 0.2) is 24.3 Å². The van der Waals surface area contributed by atoms with Gasteiger partial charge in [-0.3, -0.25) is 0 Å². The Morgan fingerprint density at radius 2 is 1.80 bits per heavy atom. The smallest absolute Gasteiger partial charge is 0.101 e. The second-order valence-electron chi connectivity index (χ2n) is 4.15. The van der Waals surface area contributed by atoms with Crippen molar-refractivity contribution in [3.05, 3.63) is 35.2 Å². The molecule has 1 aromatic carbocycles. The van der Waals surface area contributed by atoms with Crippen LogP contribution in [0.1, 0.15) is 37.1 Å². The molecule has 0 N–H and O–H groups in total. The van der Waals surface area contributed by atoms with Gasteiger partial charge in [0.25, 0.3) is 0 Å². The van der Waals surface area contributed by atoms with E-state index in [4.69, 9.17) is 4.98 Å².